The van der Waals surface area contributed by atoms with Crippen LogP contribution in [0.5, 0.6) is 0 Å². The first-order valence-corrected chi connectivity index (χ1v) is 7.97. The minimum atomic E-state index is -0.101. The van der Waals surface area contributed by atoms with Crippen molar-refractivity contribution >= 4 is 17.5 Å². The molecule has 116 valence electrons. The third-order valence-electron chi connectivity index (χ3n) is 4.45. The Kier molecular flexibility index (Phi) is 4.64. The molecule has 0 bridgehead atoms. The largest absolute Gasteiger partial charge is 0.318 e. The van der Waals surface area contributed by atoms with Crippen molar-refractivity contribution in [2.24, 2.45) is 5.41 Å². The lowest BCUT2D eigenvalue weighted by molar-refractivity contribution is -0.134. The van der Waals surface area contributed by atoms with Crippen molar-refractivity contribution in [3.05, 3.63) is 34.9 Å². The number of nitrogens with one attached hydrogen (secondary N) is 1. The van der Waals surface area contributed by atoms with E-state index in [4.69, 9.17) is 11.6 Å². The Bertz CT molecular complexity index is 507. The predicted octanol–water partition coefficient (Wildman–Crippen LogP) is 3.98. The zero-order chi connectivity index (χ0) is 15.8. The van der Waals surface area contributed by atoms with Crippen molar-refractivity contribution in [2.45, 2.75) is 59.3 Å². The Morgan fingerprint density at radius 1 is 1.29 bits per heavy atom. The first-order chi connectivity index (χ1) is 9.75. The van der Waals surface area contributed by atoms with Gasteiger partial charge in [-0.2, -0.15) is 0 Å². The molecule has 0 spiro atoms. The molecule has 3 unspecified atom stereocenters. The van der Waals surface area contributed by atoms with E-state index in [0.29, 0.717) is 5.02 Å². The highest BCUT2D eigenvalue weighted by Gasteiger charge is 2.43. The third-order valence-corrected chi connectivity index (χ3v) is 4.71. The summed E-state index contributed by atoms with van der Waals surface area (Å²) < 4.78 is 0. The summed E-state index contributed by atoms with van der Waals surface area (Å²) in [6.45, 7) is 10.7. The van der Waals surface area contributed by atoms with Gasteiger partial charge in [-0.25, -0.2) is 0 Å². The van der Waals surface area contributed by atoms with Gasteiger partial charge in [0, 0.05) is 11.1 Å². The number of rotatable bonds is 3. The van der Waals surface area contributed by atoms with Crippen LogP contribution in [0.2, 0.25) is 5.02 Å². The number of halogens is 1. The molecule has 1 aliphatic rings. The summed E-state index contributed by atoms with van der Waals surface area (Å²) in [6.07, 6.45) is 0.727. The summed E-state index contributed by atoms with van der Waals surface area (Å²) in [4.78, 5) is 14.7. The van der Waals surface area contributed by atoms with E-state index in [1.807, 2.05) is 36.1 Å². The molecule has 0 aromatic heterocycles. The molecule has 2 rings (SSSR count). The summed E-state index contributed by atoms with van der Waals surface area (Å²) in [5, 5.41) is 4.18. The van der Waals surface area contributed by atoms with Gasteiger partial charge in [0.05, 0.1) is 6.04 Å². The molecule has 1 fully saturated rings. The summed E-state index contributed by atoms with van der Waals surface area (Å²) in [5.74, 6) is 0.194. The van der Waals surface area contributed by atoms with Crippen molar-refractivity contribution in [3.63, 3.8) is 0 Å². The molecule has 1 saturated heterocycles. The fourth-order valence-corrected chi connectivity index (χ4v) is 2.80. The Balaban J connectivity index is 2.37. The number of carbonyl (C=O) groups excluding carboxylic acids is 1. The molecule has 21 heavy (non-hydrogen) atoms. The van der Waals surface area contributed by atoms with Gasteiger partial charge < -0.3 is 4.90 Å². The zero-order valence-corrected chi connectivity index (χ0v) is 14.2. The summed E-state index contributed by atoms with van der Waals surface area (Å²) >= 11 is 5.97. The van der Waals surface area contributed by atoms with Crippen LogP contribution in [-0.2, 0) is 4.79 Å². The molecule has 1 aromatic carbocycles. The molecule has 3 atom stereocenters. The minimum Gasteiger partial charge on any atom is -0.318 e. The molecule has 1 amide bonds. The van der Waals surface area contributed by atoms with Crippen LogP contribution in [0.15, 0.2) is 24.3 Å². The fraction of sp³-hybridized carbons (Fsp3) is 0.588. The summed E-state index contributed by atoms with van der Waals surface area (Å²) in [6, 6.07) is 7.79. The van der Waals surface area contributed by atoms with Gasteiger partial charge in [0.25, 0.3) is 0 Å². The van der Waals surface area contributed by atoms with Crippen LogP contribution in [0.25, 0.3) is 0 Å². The standard InChI is InChI=1S/C17H25ClN2O/c1-6-14-16(21)20(11(2)17(3,4)5)15(19-14)12-7-9-13(18)10-8-12/h7-11,14-15,19H,6H2,1-5H3. The second kappa shape index (κ2) is 5.98. The monoisotopic (exact) mass is 308 g/mol. The van der Waals surface area contributed by atoms with Crippen molar-refractivity contribution < 1.29 is 4.79 Å². The Morgan fingerprint density at radius 2 is 1.86 bits per heavy atom. The second-order valence-corrected chi connectivity index (χ2v) is 7.31. The SMILES string of the molecule is CCC1NC(c2ccc(Cl)cc2)N(C(C)C(C)(C)C)C1=O. The lowest BCUT2D eigenvalue weighted by atomic mass is 9.86. The molecule has 0 aliphatic carbocycles. The summed E-state index contributed by atoms with van der Waals surface area (Å²) in [7, 11) is 0. The molecule has 3 nitrogen and oxygen atoms in total. The van der Waals surface area contributed by atoms with E-state index in [1.54, 1.807) is 0 Å². The Morgan fingerprint density at radius 3 is 2.33 bits per heavy atom. The highest BCUT2D eigenvalue weighted by atomic mass is 35.5. The van der Waals surface area contributed by atoms with Crippen LogP contribution in [-0.4, -0.2) is 22.9 Å². The minimum absolute atomic E-state index is 0.0324. The van der Waals surface area contributed by atoms with Crippen LogP contribution in [0.3, 0.4) is 0 Å². The van der Waals surface area contributed by atoms with Gasteiger partial charge in [-0.1, -0.05) is 51.4 Å². The van der Waals surface area contributed by atoms with Gasteiger partial charge in [-0.05, 0) is 36.5 Å². The van der Waals surface area contributed by atoms with Crippen LogP contribution < -0.4 is 5.32 Å². The van der Waals surface area contributed by atoms with E-state index in [-0.39, 0.29) is 29.6 Å². The third kappa shape index (κ3) is 3.24. The number of nitrogens with zero attached hydrogens (tertiary/aromatic N) is 1. The van der Waals surface area contributed by atoms with Crippen molar-refractivity contribution in [1.82, 2.24) is 10.2 Å². The predicted molar refractivity (Wildman–Crippen MR) is 87.2 cm³/mol. The number of benzene rings is 1. The van der Waals surface area contributed by atoms with Crippen LogP contribution >= 0.6 is 11.6 Å². The van der Waals surface area contributed by atoms with E-state index < -0.39 is 0 Å². The topological polar surface area (TPSA) is 32.3 Å². The fourth-order valence-electron chi connectivity index (χ4n) is 2.68. The molecule has 1 N–H and O–H groups in total. The molecular formula is C17H25ClN2O. The quantitative estimate of drug-likeness (QED) is 0.916. The Hall–Kier alpha value is -1.06. The molecule has 1 aliphatic heterocycles. The number of carbonyl (C=O) groups is 1. The first kappa shape index (κ1) is 16.3. The highest BCUT2D eigenvalue weighted by Crippen LogP contribution is 2.35. The molecule has 1 aromatic rings. The van der Waals surface area contributed by atoms with Gasteiger partial charge >= 0.3 is 0 Å². The van der Waals surface area contributed by atoms with Crippen LogP contribution in [0.4, 0.5) is 0 Å². The Labute approximate surface area is 132 Å². The summed E-state index contributed by atoms with van der Waals surface area (Å²) in [5.41, 5.74) is 1.12. The lowest BCUT2D eigenvalue weighted by Crippen LogP contribution is -2.45. The van der Waals surface area contributed by atoms with Crippen LogP contribution in [0.1, 0.15) is 52.8 Å². The van der Waals surface area contributed by atoms with Crippen LogP contribution in [0, 0.1) is 5.41 Å². The number of hydrogen-bond acceptors (Lipinski definition) is 2. The number of hydrogen-bond donors (Lipinski definition) is 1. The molecule has 0 radical (unpaired) electrons. The second-order valence-electron chi connectivity index (χ2n) is 6.87. The molecule has 0 saturated carbocycles. The highest BCUT2D eigenvalue weighted by molar-refractivity contribution is 6.30. The van der Waals surface area contributed by atoms with E-state index in [9.17, 15) is 4.79 Å². The number of amides is 1. The van der Waals surface area contributed by atoms with E-state index in [0.717, 1.165) is 12.0 Å². The van der Waals surface area contributed by atoms with Crippen molar-refractivity contribution in [2.75, 3.05) is 0 Å². The maximum Gasteiger partial charge on any atom is 0.241 e. The smallest absolute Gasteiger partial charge is 0.241 e. The molecule has 1 heterocycles. The average Bonchev–Trinajstić information content (AvgIpc) is 2.74. The van der Waals surface area contributed by atoms with E-state index in [1.165, 1.54) is 0 Å². The van der Waals surface area contributed by atoms with E-state index in [2.05, 4.69) is 33.0 Å². The van der Waals surface area contributed by atoms with Gasteiger partial charge in [0.2, 0.25) is 5.91 Å². The molecule has 4 heteroatoms. The lowest BCUT2D eigenvalue weighted by Gasteiger charge is -2.38. The van der Waals surface area contributed by atoms with Gasteiger partial charge in [0.1, 0.15) is 6.17 Å². The maximum atomic E-state index is 12.7. The maximum absolute atomic E-state index is 12.7. The van der Waals surface area contributed by atoms with Crippen molar-refractivity contribution in [1.29, 1.82) is 0 Å². The van der Waals surface area contributed by atoms with Gasteiger partial charge in [-0.15, -0.1) is 0 Å². The zero-order valence-electron chi connectivity index (χ0n) is 13.5. The normalized spacial score (nSPS) is 24.5. The average molecular weight is 309 g/mol. The van der Waals surface area contributed by atoms with Gasteiger partial charge in [-0.3, -0.25) is 10.1 Å². The van der Waals surface area contributed by atoms with Crippen molar-refractivity contribution in [3.8, 4) is 0 Å². The first-order valence-electron chi connectivity index (χ1n) is 7.59. The van der Waals surface area contributed by atoms with E-state index >= 15 is 0 Å². The van der Waals surface area contributed by atoms with Gasteiger partial charge in [0.15, 0.2) is 0 Å². The molecular weight excluding hydrogens is 284 g/mol.